The van der Waals surface area contributed by atoms with Gasteiger partial charge in [0.15, 0.2) is 88.1 Å². The van der Waals surface area contributed by atoms with Gasteiger partial charge in [0, 0.05) is 0 Å². The third kappa shape index (κ3) is 28.2. The highest BCUT2D eigenvalue weighted by atomic mass is 32.2. The van der Waals surface area contributed by atoms with Gasteiger partial charge in [-0.1, -0.05) is 321 Å². The molecule has 0 N–H and O–H groups in total. The Morgan fingerprint density at radius 3 is 0.380 bits per heavy atom. The van der Waals surface area contributed by atoms with E-state index >= 15 is 0 Å². The van der Waals surface area contributed by atoms with E-state index < -0.39 is 0 Å². The Labute approximate surface area is 787 Å². The Morgan fingerprint density at radius 2 is 0.256 bits per heavy atom. The molecule has 0 atom stereocenters. The first-order valence-corrected chi connectivity index (χ1v) is 51.4. The van der Waals surface area contributed by atoms with E-state index in [2.05, 4.69) is 581 Å². The molecule has 18 rings (SSSR count). The molecule has 1 nitrogen and oxygen atoms in total. The highest BCUT2D eigenvalue weighted by molar-refractivity contribution is 7.98. The second-order valence-corrected chi connectivity index (χ2v) is 45.5. The third-order valence-electron chi connectivity index (χ3n) is 20.8. The third-order valence-corrected chi connectivity index (χ3v) is 34.2. The maximum Gasteiger partial charge on any atom is 0.166 e. The second-order valence-electron chi connectivity index (χ2n) is 33.3. The summed E-state index contributed by atoms with van der Waals surface area (Å²) in [7, 11) is -0.259. The zero-order valence-corrected chi connectivity index (χ0v) is 81.1. The summed E-state index contributed by atoms with van der Waals surface area (Å²) in [6.45, 7) is 25.8. The SMILES string of the molecule is CC(C)(C)Oc1ccc([S+](c2ccccc2)c2ccccc2)cc1.CC(C)(C)c1ccc([S+](c2ccccc2)c2ccccc2)cc1.Cc1ccc([S+](c2ccc(C)cc2)c2ccc(C)cc2)cc1.Cc1ccc([S+](c2ccccc2)c2ccc(C)cc2)cc1.Cc1ccc([S+](c2ccccc2)c2ccccc2)cc1.c1ccc([S+](c2ccccc2)c2ccccc2)cc1. The number of hydrogen-bond acceptors (Lipinski definition) is 1. The van der Waals surface area contributed by atoms with E-state index in [1.165, 1.54) is 127 Å². The number of benzene rings is 18. The average Bonchev–Trinajstić information content (AvgIpc) is 0.856. The Morgan fingerprint density at radius 1 is 0.140 bits per heavy atom. The molecule has 18 aromatic rings. The van der Waals surface area contributed by atoms with Crippen molar-refractivity contribution in [2.24, 2.45) is 0 Å². The van der Waals surface area contributed by atoms with Crippen LogP contribution in [0.1, 0.15) is 80.5 Å². The first kappa shape index (κ1) is 94.5. The van der Waals surface area contributed by atoms with Crippen LogP contribution >= 0.6 is 0 Å². The zero-order valence-electron chi connectivity index (χ0n) is 76.2. The molecule has 0 fully saturated rings. The van der Waals surface area contributed by atoms with Crippen molar-refractivity contribution in [2.45, 2.75) is 182 Å². The molecule has 0 bridgehead atoms. The molecule has 0 spiro atoms. The summed E-state index contributed by atoms with van der Waals surface area (Å²) in [5, 5.41) is 0. The monoisotopic (exact) mass is 1790 g/mol. The van der Waals surface area contributed by atoms with Gasteiger partial charge in [0.25, 0.3) is 0 Å². The molecule has 0 radical (unpaired) electrons. The fraction of sp³-hybridized carbons (Fsp3) is 0.115. The lowest BCUT2D eigenvalue weighted by Crippen LogP contribution is -2.22. The van der Waals surface area contributed by atoms with Crippen molar-refractivity contribution in [1.82, 2.24) is 0 Å². The smallest absolute Gasteiger partial charge is 0.166 e. The summed E-state index contributed by atoms with van der Waals surface area (Å²) in [6.07, 6.45) is 0. The van der Waals surface area contributed by atoms with Gasteiger partial charge in [-0.15, -0.1) is 0 Å². The van der Waals surface area contributed by atoms with Crippen LogP contribution in [0.3, 0.4) is 0 Å². The van der Waals surface area contributed by atoms with Crippen molar-refractivity contribution in [3.8, 4) is 5.75 Å². The van der Waals surface area contributed by atoms with Gasteiger partial charge in [0.2, 0.25) is 0 Å². The van der Waals surface area contributed by atoms with E-state index in [1.54, 1.807) is 0 Å². The molecule has 0 saturated carbocycles. The quantitative estimate of drug-likeness (QED) is 0.0733. The first-order valence-electron chi connectivity index (χ1n) is 44.0. The van der Waals surface area contributed by atoms with Gasteiger partial charge in [-0.3, -0.25) is 0 Å². The lowest BCUT2D eigenvalue weighted by molar-refractivity contribution is 0.131. The van der Waals surface area contributed by atoms with Crippen molar-refractivity contribution in [1.29, 1.82) is 0 Å². The van der Waals surface area contributed by atoms with E-state index in [0.717, 1.165) is 5.75 Å². The Bertz CT molecular complexity index is 5870. The van der Waals surface area contributed by atoms with Crippen molar-refractivity contribution >= 4 is 65.4 Å². The van der Waals surface area contributed by atoms with Gasteiger partial charge in [-0.2, -0.15) is 0 Å². The maximum atomic E-state index is 5.95. The normalized spacial score (nSPS) is 11.1. The van der Waals surface area contributed by atoms with Crippen molar-refractivity contribution < 1.29 is 4.74 Å². The zero-order chi connectivity index (χ0) is 90.2. The molecule has 0 unspecified atom stereocenters. The largest absolute Gasteiger partial charge is 0.488 e. The minimum absolute atomic E-state index is 0.0146. The van der Waals surface area contributed by atoms with Crippen LogP contribution in [0.15, 0.2) is 586 Å². The minimum atomic E-state index is -0.179. The van der Waals surface area contributed by atoms with Crippen molar-refractivity contribution in [3.05, 3.63) is 536 Å². The van der Waals surface area contributed by atoms with Crippen LogP contribution in [0.2, 0.25) is 0 Å². The van der Waals surface area contributed by atoms with E-state index in [0.29, 0.717) is 0 Å². The van der Waals surface area contributed by atoms with Gasteiger partial charge < -0.3 is 4.74 Å². The molecule has 129 heavy (non-hydrogen) atoms. The maximum absolute atomic E-state index is 5.95. The standard InChI is InChI=1S/C22H23OS.C22H23S.C21H21S.C20H19S.C19H17S.C18H15S/c1-22(2,3)23-18-14-16-21(17-15-18)24(19-10-6-4-7-11-19)20-12-8-5-9-13-20;1-22(2,3)18-14-16-21(17-15-18)23(19-10-6-4-7-11-19)20-12-8-5-9-13-20;1-16-4-10-19(11-5-16)22(20-12-6-17(2)7-13-20)21-14-8-18(3)9-15-21;1-16-8-12-19(13-9-16)21(18-6-4-3-5-7-18)20-14-10-17(2)11-15-20;1-16-12-14-19(15-13-16)20(17-8-4-2-5-9-17)18-10-6-3-7-11-18;1-4-10-16(11-5-1)19(17-12-6-2-7-13-17)18-14-8-3-9-15-18/h4-17H,1-3H3;4-17H,1-3H3;4-15H,1-3H3;3-15H,1-2H3;2-15H,1H3;1-15H/q6*+1. The number of hydrogen-bond donors (Lipinski definition) is 0. The van der Waals surface area contributed by atoms with Crippen LogP contribution in [0.25, 0.3) is 0 Å². The summed E-state index contributed by atoms with van der Waals surface area (Å²) >= 11 is 0. The molecular weight excluding hydrogens is 1670 g/mol. The van der Waals surface area contributed by atoms with Crippen LogP contribution in [-0.4, -0.2) is 5.60 Å². The Hall–Kier alpha value is -12.1. The lowest BCUT2D eigenvalue weighted by Gasteiger charge is -2.21. The lowest BCUT2D eigenvalue weighted by atomic mass is 9.87. The summed E-state index contributed by atoms with van der Waals surface area (Å²) < 4.78 is 5.95. The van der Waals surface area contributed by atoms with Crippen LogP contribution in [0.5, 0.6) is 5.75 Å². The van der Waals surface area contributed by atoms with Crippen LogP contribution in [-0.2, 0) is 70.8 Å². The van der Waals surface area contributed by atoms with Crippen LogP contribution < -0.4 is 4.74 Å². The molecule has 0 aliphatic heterocycles. The van der Waals surface area contributed by atoms with Gasteiger partial charge in [-0.05, 0) is 304 Å². The highest BCUT2D eigenvalue weighted by Crippen LogP contribution is 2.39. The van der Waals surface area contributed by atoms with Gasteiger partial charge in [-0.25, -0.2) is 0 Å². The highest BCUT2D eigenvalue weighted by Gasteiger charge is 2.35. The van der Waals surface area contributed by atoms with E-state index in [9.17, 15) is 0 Å². The second kappa shape index (κ2) is 47.8. The molecule has 0 saturated heterocycles. The molecule has 18 aromatic carbocycles. The number of aryl methyl sites for hydroxylation is 6. The Kier molecular flexibility index (Phi) is 35.0. The predicted octanol–water partition coefficient (Wildman–Crippen LogP) is 33.0. The van der Waals surface area contributed by atoms with Gasteiger partial charge >= 0.3 is 0 Å². The van der Waals surface area contributed by atoms with Crippen LogP contribution in [0.4, 0.5) is 0 Å². The fourth-order valence-corrected chi connectivity index (χ4v) is 26.6. The molecular formula is C122H118OS6+6. The number of ether oxygens (including phenoxy) is 1. The van der Waals surface area contributed by atoms with Gasteiger partial charge in [0.1, 0.15) is 11.4 Å². The summed E-state index contributed by atoms with van der Waals surface area (Å²) in [6, 6.07) is 179. The molecule has 0 aromatic heterocycles. The van der Waals surface area contributed by atoms with E-state index in [4.69, 9.17) is 4.74 Å². The molecule has 0 amide bonds. The Balaban J connectivity index is 0.000000132. The summed E-state index contributed by atoms with van der Waals surface area (Å²) in [5.74, 6) is 0.913. The molecule has 642 valence electrons. The summed E-state index contributed by atoms with van der Waals surface area (Å²) in [4.78, 5) is 24.5. The predicted molar refractivity (Wildman–Crippen MR) is 556 cm³/mol. The average molecular weight is 1790 g/mol. The van der Waals surface area contributed by atoms with E-state index in [1.807, 2.05) is 0 Å². The molecule has 7 heteroatoms. The van der Waals surface area contributed by atoms with Crippen molar-refractivity contribution in [3.63, 3.8) is 0 Å². The van der Waals surface area contributed by atoms with E-state index in [-0.39, 0.29) is 76.4 Å². The molecule has 0 aliphatic rings. The number of rotatable bonds is 19. The molecule has 0 aliphatic carbocycles. The van der Waals surface area contributed by atoms with Crippen molar-refractivity contribution in [2.75, 3.05) is 0 Å². The summed E-state index contributed by atoms with van der Waals surface area (Å²) in [5.41, 5.74) is 9.22. The fourth-order valence-electron chi connectivity index (χ4n) is 14.1. The van der Waals surface area contributed by atoms with Gasteiger partial charge in [0.05, 0.1) is 65.4 Å². The van der Waals surface area contributed by atoms with Crippen LogP contribution in [0, 0.1) is 41.5 Å². The first-order chi connectivity index (χ1) is 62.7. The minimum Gasteiger partial charge on any atom is -0.488 e. The topological polar surface area (TPSA) is 9.23 Å². The molecule has 0 heterocycles.